The van der Waals surface area contributed by atoms with Gasteiger partial charge in [-0.3, -0.25) is 14.4 Å². The Balaban J connectivity index is 2.80. The fourth-order valence-electron chi connectivity index (χ4n) is 1.27. The molecule has 0 bridgehead atoms. The zero-order valence-corrected chi connectivity index (χ0v) is 7.87. The van der Waals surface area contributed by atoms with Crippen molar-refractivity contribution < 1.29 is 14.4 Å². The standard InChI is InChI=1S/C9H13NO3/c1-4-5-9(3)6-13-10(7(2)11)8(9)12/h4H,1,5-6H2,2-3H3/t9-/m1/s1. The molecular formula is C9H13NO3. The van der Waals surface area contributed by atoms with Gasteiger partial charge in [0.1, 0.15) is 0 Å². The van der Waals surface area contributed by atoms with Gasteiger partial charge in [0.2, 0.25) is 5.91 Å². The van der Waals surface area contributed by atoms with Crippen molar-refractivity contribution >= 4 is 11.8 Å². The summed E-state index contributed by atoms with van der Waals surface area (Å²) in [7, 11) is 0. The van der Waals surface area contributed by atoms with Gasteiger partial charge in [0.05, 0.1) is 12.0 Å². The Kier molecular flexibility index (Phi) is 2.52. The minimum atomic E-state index is -0.618. The summed E-state index contributed by atoms with van der Waals surface area (Å²) in [6.45, 7) is 6.88. The minimum Gasteiger partial charge on any atom is -0.272 e. The third-order valence-electron chi connectivity index (χ3n) is 2.09. The van der Waals surface area contributed by atoms with Crippen molar-refractivity contribution in [2.75, 3.05) is 6.61 Å². The molecule has 0 aromatic carbocycles. The van der Waals surface area contributed by atoms with Crippen LogP contribution < -0.4 is 0 Å². The second-order valence-corrected chi connectivity index (χ2v) is 3.45. The van der Waals surface area contributed by atoms with Crippen molar-refractivity contribution in [3.05, 3.63) is 12.7 Å². The van der Waals surface area contributed by atoms with Gasteiger partial charge in [-0.05, 0) is 13.3 Å². The van der Waals surface area contributed by atoms with E-state index in [0.29, 0.717) is 6.42 Å². The Morgan fingerprint density at radius 1 is 1.85 bits per heavy atom. The molecule has 1 heterocycles. The fraction of sp³-hybridized carbons (Fsp3) is 0.556. The first-order chi connectivity index (χ1) is 6.01. The monoisotopic (exact) mass is 183 g/mol. The van der Waals surface area contributed by atoms with Crippen LogP contribution >= 0.6 is 0 Å². The maximum atomic E-state index is 11.6. The lowest BCUT2D eigenvalue weighted by Gasteiger charge is -2.16. The number of carbonyl (C=O) groups excluding carboxylic acids is 2. The van der Waals surface area contributed by atoms with Gasteiger partial charge in [0, 0.05) is 6.92 Å². The molecule has 0 spiro atoms. The molecule has 13 heavy (non-hydrogen) atoms. The van der Waals surface area contributed by atoms with Crippen LogP contribution in [0.1, 0.15) is 20.3 Å². The van der Waals surface area contributed by atoms with Gasteiger partial charge in [-0.25, -0.2) is 0 Å². The Labute approximate surface area is 77.1 Å². The Hall–Kier alpha value is -1.16. The summed E-state index contributed by atoms with van der Waals surface area (Å²) < 4.78 is 0. The first-order valence-corrected chi connectivity index (χ1v) is 4.10. The number of amides is 2. The molecule has 1 aliphatic rings. The number of hydroxylamine groups is 2. The summed E-state index contributed by atoms with van der Waals surface area (Å²) in [6.07, 6.45) is 2.18. The molecule has 0 saturated carbocycles. The van der Waals surface area contributed by atoms with E-state index in [1.807, 2.05) is 0 Å². The smallest absolute Gasteiger partial charge is 0.262 e. The highest BCUT2D eigenvalue weighted by molar-refractivity contribution is 5.97. The van der Waals surface area contributed by atoms with E-state index in [0.717, 1.165) is 5.06 Å². The lowest BCUT2D eigenvalue weighted by Crippen LogP contribution is -2.35. The molecule has 1 atom stereocenters. The molecule has 0 aromatic rings. The summed E-state index contributed by atoms with van der Waals surface area (Å²) in [5, 5.41) is 0.823. The first kappa shape index (κ1) is 9.92. The summed E-state index contributed by atoms with van der Waals surface area (Å²) in [5.74, 6) is -0.655. The molecule has 1 saturated heterocycles. The molecule has 1 fully saturated rings. The van der Waals surface area contributed by atoms with Crippen molar-refractivity contribution in [3.63, 3.8) is 0 Å². The van der Waals surface area contributed by atoms with E-state index >= 15 is 0 Å². The molecule has 0 unspecified atom stereocenters. The zero-order chi connectivity index (χ0) is 10.1. The highest BCUT2D eigenvalue weighted by atomic mass is 16.7. The highest BCUT2D eigenvalue weighted by Crippen LogP contribution is 2.31. The van der Waals surface area contributed by atoms with Crippen LogP contribution in [-0.4, -0.2) is 23.5 Å². The number of allylic oxidation sites excluding steroid dienone is 1. The molecule has 2 amide bonds. The number of rotatable bonds is 2. The van der Waals surface area contributed by atoms with Crippen molar-refractivity contribution in [2.24, 2.45) is 5.41 Å². The van der Waals surface area contributed by atoms with Crippen LogP contribution in [0.3, 0.4) is 0 Å². The topological polar surface area (TPSA) is 46.6 Å². The van der Waals surface area contributed by atoms with Gasteiger partial charge < -0.3 is 0 Å². The fourth-order valence-corrected chi connectivity index (χ4v) is 1.27. The van der Waals surface area contributed by atoms with E-state index < -0.39 is 5.41 Å². The van der Waals surface area contributed by atoms with Crippen LogP contribution in [0, 0.1) is 5.41 Å². The Bertz CT molecular complexity index is 262. The van der Waals surface area contributed by atoms with Crippen molar-refractivity contribution in [1.29, 1.82) is 0 Å². The predicted octanol–water partition coefficient (Wildman–Crippen LogP) is 0.889. The molecule has 4 heteroatoms. The number of nitrogens with zero attached hydrogens (tertiary/aromatic N) is 1. The Morgan fingerprint density at radius 3 is 2.85 bits per heavy atom. The van der Waals surface area contributed by atoms with Gasteiger partial charge in [-0.2, -0.15) is 5.06 Å². The van der Waals surface area contributed by atoms with Crippen molar-refractivity contribution in [3.8, 4) is 0 Å². The normalized spacial score (nSPS) is 27.8. The Morgan fingerprint density at radius 2 is 2.46 bits per heavy atom. The van der Waals surface area contributed by atoms with Crippen LogP contribution in [0.25, 0.3) is 0 Å². The minimum absolute atomic E-state index is 0.247. The molecule has 1 rings (SSSR count). The zero-order valence-electron chi connectivity index (χ0n) is 7.87. The second-order valence-electron chi connectivity index (χ2n) is 3.45. The summed E-state index contributed by atoms with van der Waals surface area (Å²) in [6, 6.07) is 0. The third kappa shape index (κ3) is 1.62. The molecule has 0 radical (unpaired) electrons. The van der Waals surface area contributed by atoms with Gasteiger partial charge in [-0.1, -0.05) is 6.08 Å². The maximum absolute atomic E-state index is 11.6. The summed E-state index contributed by atoms with van der Waals surface area (Å²) in [5.41, 5.74) is -0.618. The van der Waals surface area contributed by atoms with Gasteiger partial charge in [0.25, 0.3) is 5.91 Å². The molecule has 72 valence electrons. The third-order valence-corrected chi connectivity index (χ3v) is 2.09. The molecular weight excluding hydrogens is 170 g/mol. The summed E-state index contributed by atoms with van der Waals surface area (Å²) in [4.78, 5) is 27.5. The lowest BCUT2D eigenvalue weighted by atomic mass is 9.87. The first-order valence-electron chi connectivity index (χ1n) is 4.10. The van der Waals surface area contributed by atoms with E-state index in [-0.39, 0.29) is 18.4 Å². The quantitative estimate of drug-likeness (QED) is 0.597. The molecule has 4 nitrogen and oxygen atoms in total. The summed E-state index contributed by atoms with van der Waals surface area (Å²) >= 11 is 0. The number of carbonyl (C=O) groups is 2. The largest absolute Gasteiger partial charge is 0.272 e. The molecule has 0 aliphatic carbocycles. The second kappa shape index (κ2) is 3.30. The van der Waals surface area contributed by atoms with E-state index in [4.69, 9.17) is 4.84 Å². The van der Waals surface area contributed by atoms with Crippen LogP contribution in [0.5, 0.6) is 0 Å². The molecule has 0 aromatic heterocycles. The highest BCUT2D eigenvalue weighted by Gasteiger charge is 2.45. The van der Waals surface area contributed by atoms with E-state index in [1.165, 1.54) is 6.92 Å². The lowest BCUT2D eigenvalue weighted by molar-refractivity contribution is -0.176. The van der Waals surface area contributed by atoms with Gasteiger partial charge in [0.15, 0.2) is 0 Å². The van der Waals surface area contributed by atoms with Gasteiger partial charge in [-0.15, -0.1) is 6.58 Å². The number of hydrogen-bond donors (Lipinski definition) is 0. The van der Waals surface area contributed by atoms with Crippen molar-refractivity contribution in [1.82, 2.24) is 5.06 Å². The number of imide groups is 1. The van der Waals surface area contributed by atoms with Crippen molar-refractivity contribution in [2.45, 2.75) is 20.3 Å². The maximum Gasteiger partial charge on any atom is 0.262 e. The molecule has 0 N–H and O–H groups in total. The van der Waals surface area contributed by atoms with Crippen LogP contribution in [0.4, 0.5) is 0 Å². The van der Waals surface area contributed by atoms with Crippen LogP contribution in [0.2, 0.25) is 0 Å². The van der Waals surface area contributed by atoms with Gasteiger partial charge >= 0.3 is 0 Å². The van der Waals surface area contributed by atoms with E-state index in [2.05, 4.69) is 6.58 Å². The van der Waals surface area contributed by atoms with Crippen LogP contribution in [-0.2, 0) is 14.4 Å². The van der Waals surface area contributed by atoms with E-state index in [9.17, 15) is 9.59 Å². The predicted molar refractivity (Wildman–Crippen MR) is 46.4 cm³/mol. The SMILES string of the molecule is C=CC[C@]1(C)CON(C(C)=O)C1=O. The van der Waals surface area contributed by atoms with E-state index in [1.54, 1.807) is 13.0 Å². The molecule has 1 aliphatic heterocycles. The average molecular weight is 183 g/mol. The average Bonchev–Trinajstić information content (AvgIpc) is 2.30. The van der Waals surface area contributed by atoms with Crippen LogP contribution in [0.15, 0.2) is 12.7 Å². The number of hydrogen-bond acceptors (Lipinski definition) is 3.